The molecule has 0 aromatic heterocycles. The molecule has 0 heterocycles. The van der Waals surface area contributed by atoms with Crippen molar-refractivity contribution >= 4 is 0 Å². The second kappa shape index (κ2) is 3.65. The first kappa shape index (κ1) is 9.17. The zero-order valence-corrected chi connectivity index (χ0v) is 8.00. The van der Waals surface area contributed by atoms with E-state index in [2.05, 4.69) is 19.9 Å². The summed E-state index contributed by atoms with van der Waals surface area (Å²) in [6, 6.07) is 0. The highest BCUT2D eigenvalue weighted by molar-refractivity contribution is 5.25. The third-order valence-electron chi connectivity index (χ3n) is 2.53. The molecule has 2 unspecified atom stereocenters. The van der Waals surface area contributed by atoms with Crippen LogP contribution < -0.4 is 5.73 Å². The Morgan fingerprint density at radius 2 is 2.17 bits per heavy atom. The Hall–Kier alpha value is -0.920. The van der Waals surface area contributed by atoms with Crippen molar-refractivity contribution in [1.29, 1.82) is 0 Å². The molecule has 0 radical (unpaired) electrons. The lowest BCUT2D eigenvalue weighted by atomic mass is 9.94. The maximum absolute atomic E-state index is 5.78. The molecule has 0 fully saturated rings. The summed E-state index contributed by atoms with van der Waals surface area (Å²) < 4.78 is 5.17. The monoisotopic (exact) mass is 167 g/mol. The maximum atomic E-state index is 5.78. The van der Waals surface area contributed by atoms with Crippen molar-refractivity contribution in [3.63, 3.8) is 0 Å². The molecular formula is C10H17NO. The highest BCUT2D eigenvalue weighted by atomic mass is 16.5. The fourth-order valence-corrected chi connectivity index (χ4v) is 1.31. The van der Waals surface area contributed by atoms with E-state index in [9.17, 15) is 0 Å². The molecule has 12 heavy (non-hydrogen) atoms. The predicted molar refractivity (Wildman–Crippen MR) is 50.3 cm³/mol. The van der Waals surface area contributed by atoms with E-state index < -0.39 is 0 Å². The lowest BCUT2D eigenvalue weighted by Gasteiger charge is -2.12. The largest absolute Gasteiger partial charge is 0.495 e. The van der Waals surface area contributed by atoms with Crippen LogP contribution in [0.2, 0.25) is 0 Å². The second-order valence-corrected chi connectivity index (χ2v) is 3.47. The zero-order chi connectivity index (χ0) is 9.14. The summed E-state index contributed by atoms with van der Waals surface area (Å²) in [5.74, 6) is 2.01. The molecule has 0 saturated heterocycles. The summed E-state index contributed by atoms with van der Waals surface area (Å²) in [7, 11) is 1.66. The zero-order valence-electron chi connectivity index (χ0n) is 8.00. The van der Waals surface area contributed by atoms with Crippen molar-refractivity contribution < 1.29 is 4.74 Å². The molecule has 2 N–H and O–H groups in total. The third kappa shape index (κ3) is 1.81. The molecule has 1 rings (SSSR count). The molecule has 2 nitrogen and oxygen atoms in total. The van der Waals surface area contributed by atoms with Gasteiger partial charge >= 0.3 is 0 Å². The van der Waals surface area contributed by atoms with Crippen LogP contribution in [-0.4, -0.2) is 7.11 Å². The number of methoxy groups -OCH3 is 1. The van der Waals surface area contributed by atoms with Crippen molar-refractivity contribution in [1.82, 2.24) is 0 Å². The summed E-state index contributed by atoms with van der Waals surface area (Å²) in [5, 5.41) is 0. The quantitative estimate of drug-likeness (QED) is 0.648. The van der Waals surface area contributed by atoms with Crippen LogP contribution >= 0.6 is 0 Å². The molecule has 0 aromatic rings. The van der Waals surface area contributed by atoms with Crippen LogP contribution in [0, 0.1) is 11.8 Å². The molecule has 1 aliphatic rings. The van der Waals surface area contributed by atoms with Gasteiger partial charge in [-0.1, -0.05) is 19.9 Å². The van der Waals surface area contributed by atoms with Gasteiger partial charge in [0.1, 0.15) is 5.76 Å². The minimum atomic E-state index is 0.539. The molecular weight excluding hydrogens is 150 g/mol. The van der Waals surface area contributed by atoms with Crippen LogP contribution in [0.1, 0.15) is 20.3 Å². The smallest absolute Gasteiger partial charge is 0.137 e. The maximum Gasteiger partial charge on any atom is 0.137 e. The van der Waals surface area contributed by atoms with Gasteiger partial charge in [-0.2, -0.15) is 0 Å². The number of allylic oxidation sites excluding steroid dienone is 2. The Bertz CT molecular complexity index is 218. The Morgan fingerprint density at radius 3 is 2.75 bits per heavy atom. The Balaban J connectivity index is 2.86. The summed E-state index contributed by atoms with van der Waals surface area (Å²) in [4.78, 5) is 0. The summed E-state index contributed by atoms with van der Waals surface area (Å²) in [6.45, 7) is 4.42. The van der Waals surface area contributed by atoms with Crippen molar-refractivity contribution in [2.75, 3.05) is 7.11 Å². The molecule has 1 aliphatic carbocycles. The van der Waals surface area contributed by atoms with Crippen LogP contribution in [0.15, 0.2) is 23.6 Å². The van der Waals surface area contributed by atoms with Gasteiger partial charge in [-0.05, 0) is 24.3 Å². The summed E-state index contributed by atoms with van der Waals surface area (Å²) in [5.41, 5.74) is 6.55. The van der Waals surface area contributed by atoms with Crippen LogP contribution in [-0.2, 0) is 4.74 Å². The number of hydrogen-bond acceptors (Lipinski definition) is 2. The van der Waals surface area contributed by atoms with E-state index in [4.69, 9.17) is 10.5 Å². The van der Waals surface area contributed by atoms with E-state index in [0.717, 1.165) is 17.9 Å². The Kier molecular flexibility index (Phi) is 2.79. The fourth-order valence-electron chi connectivity index (χ4n) is 1.31. The molecule has 2 atom stereocenters. The molecule has 2 heteroatoms. The highest BCUT2D eigenvalue weighted by Gasteiger charge is 2.15. The number of ether oxygens (including phenoxy) is 1. The standard InChI is InChI=1S/C10H17NO/c1-7-4-5-9(11)10(12-3)6-8(7)2/h5-8H,4,11H2,1-3H3. The van der Waals surface area contributed by atoms with Gasteiger partial charge in [0, 0.05) is 0 Å². The average Bonchev–Trinajstić information content (AvgIpc) is 2.18. The van der Waals surface area contributed by atoms with Crippen molar-refractivity contribution in [3.8, 4) is 0 Å². The van der Waals surface area contributed by atoms with Gasteiger partial charge in [0.2, 0.25) is 0 Å². The summed E-state index contributed by atoms with van der Waals surface area (Å²) in [6.07, 6.45) is 5.18. The van der Waals surface area contributed by atoms with Gasteiger partial charge in [0.25, 0.3) is 0 Å². The highest BCUT2D eigenvalue weighted by Crippen LogP contribution is 2.24. The van der Waals surface area contributed by atoms with Crippen LogP contribution in [0.4, 0.5) is 0 Å². The van der Waals surface area contributed by atoms with E-state index >= 15 is 0 Å². The molecule has 0 aliphatic heterocycles. The van der Waals surface area contributed by atoms with Crippen molar-refractivity contribution in [2.24, 2.45) is 17.6 Å². The Labute approximate surface area is 74.1 Å². The molecule has 0 aromatic carbocycles. The molecule has 0 saturated carbocycles. The van der Waals surface area contributed by atoms with Gasteiger partial charge in [0.05, 0.1) is 12.8 Å². The van der Waals surface area contributed by atoms with E-state index in [1.165, 1.54) is 0 Å². The first-order chi connectivity index (χ1) is 5.65. The molecule has 0 amide bonds. The topological polar surface area (TPSA) is 35.2 Å². The van der Waals surface area contributed by atoms with E-state index in [1.54, 1.807) is 7.11 Å². The third-order valence-corrected chi connectivity index (χ3v) is 2.53. The average molecular weight is 167 g/mol. The van der Waals surface area contributed by atoms with Gasteiger partial charge in [0.15, 0.2) is 0 Å². The molecule has 0 spiro atoms. The lowest BCUT2D eigenvalue weighted by Crippen LogP contribution is -2.04. The van der Waals surface area contributed by atoms with E-state index in [-0.39, 0.29) is 0 Å². The van der Waals surface area contributed by atoms with Gasteiger partial charge in [-0.25, -0.2) is 0 Å². The predicted octanol–water partition coefficient (Wildman–Crippen LogP) is 2.04. The number of rotatable bonds is 1. The fraction of sp³-hybridized carbons (Fsp3) is 0.600. The number of hydrogen-bond donors (Lipinski definition) is 1. The van der Waals surface area contributed by atoms with Crippen LogP contribution in [0.3, 0.4) is 0 Å². The first-order valence-electron chi connectivity index (χ1n) is 4.37. The lowest BCUT2D eigenvalue weighted by molar-refractivity contribution is 0.295. The Morgan fingerprint density at radius 1 is 1.50 bits per heavy atom. The minimum Gasteiger partial charge on any atom is -0.495 e. The van der Waals surface area contributed by atoms with Crippen molar-refractivity contribution in [2.45, 2.75) is 20.3 Å². The van der Waals surface area contributed by atoms with Crippen LogP contribution in [0.5, 0.6) is 0 Å². The normalized spacial score (nSPS) is 30.2. The SMILES string of the molecule is COC1=CC(C)C(C)CC=C1N. The minimum absolute atomic E-state index is 0.539. The van der Waals surface area contributed by atoms with Crippen molar-refractivity contribution in [3.05, 3.63) is 23.6 Å². The second-order valence-electron chi connectivity index (χ2n) is 3.47. The summed E-state index contributed by atoms with van der Waals surface area (Å²) >= 11 is 0. The molecule has 0 bridgehead atoms. The van der Waals surface area contributed by atoms with Gasteiger partial charge in [-0.15, -0.1) is 0 Å². The number of nitrogens with two attached hydrogens (primary N) is 1. The van der Waals surface area contributed by atoms with Gasteiger partial charge in [-0.3, -0.25) is 0 Å². The van der Waals surface area contributed by atoms with E-state index in [0.29, 0.717) is 11.8 Å². The van der Waals surface area contributed by atoms with Crippen LogP contribution in [0.25, 0.3) is 0 Å². The van der Waals surface area contributed by atoms with E-state index in [1.807, 2.05) is 6.08 Å². The first-order valence-corrected chi connectivity index (χ1v) is 4.37. The van der Waals surface area contributed by atoms with Gasteiger partial charge < -0.3 is 10.5 Å². The molecule has 68 valence electrons.